The molecule has 4 heterocycles. The van der Waals surface area contributed by atoms with Gasteiger partial charge in [0.1, 0.15) is 35.2 Å². The summed E-state index contributed by atoms with van der Waals surface area (Å²) in [7, 11) is -2.45. The second-order valence-corrected chi connectivity index (χ2v) is 21.1. The minimum Gasteiger partial charge on any atom is -0.497 e. The van der Waals surface area contributed by atoms with Gasteiger partial charge in [-0.2, -0.15) is 0 Å². The highest BCUT2D eigenvalue weighted by molar-refractivity contribution is 7.91. The number of nitrogens with one attached hydrogen (secondary N) is 3. The lowest BCUT2D eigenvalue weighted by atomic mass is 9.88. The summed E-state index contributed by atoms with van der Waals surface area (Å²) in [5, 5.41) is 5.99. The Morgan fingerprint density at radius 3 is 2.38 bits per heavy atom. The van der Waals surface area contributed by atoms with Gasteiger partial charge in [0, 0.05) is 24.6 Å². The van der Waals surface area contributed by atoms with Gasteiger partial charge in [-0.25, -0.2) is 27.0 Å². The number of carbonyl (C=O) groups excluding carboxylic acids is 4. The number of alkyl carbamates (subject to hydrolysis) is 1. The van der Waals surface area contributed by atoms with Gasteiger partial charge in [-0.1, -0.05) is 26.0 Å². The van der Waals surface area contributed by atoms with E-state index in [1.165, 1.54) is 4.90 Å². The van der Waals surface area contributed by atoms with Crippen molar-refractivity contribution in [3.63, 3.8) is 0 Å². The molecule has 4 aliphatic rings. The lowest BCUT2D eigenvalue weighted by molar-refractivity contribution is -0.152. The molecule has 66 heavy (non-hydrogen) atoms. The predicted octanol–water partition coefficient (Wildman–Crippen LogP) is 6.47. The summed E-state index contributed by atoms with van der Waals surface area (Å²) in [5.74, 6) is -5.59. The number of aromatic nitrogens is 2. The second kappa shape index (κ2) is 18.6. The van der Waals surface area contributed by atoms with E-state index in [0.717, 1.165) is 13.8 Å². The lowest BCUT2D eigenvalue weighted by Gasteiger charge is -2.35. The van der Waals surface area contributed by atoms with E-state index in [-0.39, 0.29) is 37.3 Å². The van der Waals surface area contributed by atoms with Gasteiger partial charge in [0.05, 0.1) is 42.6 Å². The molecule has 2 saturated carbocycles. The molecule has 2 aromatic heterocycles. The summed E-state index contributed by atoms with van der Waals surface area (Å²) in [5.41, 5.74) is -2.93. The largest absolute Gasteiger partial charge is 0.497 e. The number of methoxy groups -OCH3 is 1. The fourth-order valence-electron chi connectivity index (χ4n) is 8.56. The topological polar surface area (TPSA) is 204 Å². The third-order valence-corrected chi connectivity index (χ3v) is 14.8. The van der Waals surface area contributed by atoms with E-state index in [0.29, 0.717) is 72.7 Å². The zero-order chi connectivity index (χ0) is 47.9. The highest BCUT2D eigenvalue weighted by Gasteiger charge is 2.62. The standard InChI is InChI=1S/C47H60F2N6O10S/c1-26(2)63-32-14-18-36(50-24-32)37-21-29-20-31(62-8)13-17-35(29)41(51-37)64-33-22-38-40(56)53-47(43(58)54-66(60,61)34-15-16-34)23-30(47)12-10-9-11-27(3)19-28(4)39(42(57)55(38)25-33)52-44(59)65-45(5,6)46(7,48)49/h10,12-14,17-18,20-21,24,26-28,30,33-34,38-39H,9,11,15-16,19,22-23,25H2,1-8H3,(H,52,59)(H,53,56)(H,54,58)/b12-10-/t27-,28+,30+,33+,38-,39-,47+/m0/s1. The van der Waals surface area contributed by atoms with Crippen LogP contribution in [0.15, 0.2) is 54.7 Å². The number of alkyl halides is 2. The van der Waals surface area contributed by atoms with Crippen LogP contribution in [0.3, 0.4) is 0 Å². The summed E-state index contributed by atoms with van der Waals surface area (Å²) < 4.78 is 80.5. The molecule has 3 fully saturated rings. The molecule has 0 bridgehead atoms. The Kier molecular flexibility index (Phi) is 13.6. The highest BCUT2D eigenvalue weighted by atomic mass is 32.2. The molecule has 3 N–H and O–H groups in total. The van der Waals surface area contributed by atoms with E-state index >= 15 is 4.79 Å². The molecule has 1 saturated heterocycles. The van der Waals surface area contributed by atoms with Crippen molar-refractivity contribution in [1.82, 2.24) is 30.2 Å². The van der Waals surface area contributed by atoms with Gasteiger partial charge in [-0.3, -0.25) is 24.1 Å². The molecule has 0 unspecified atom stereocenters. The first-order chi connectivity index (χ1) is 31.0. The first-order valence-corrected chi connectivity index (χ1v) is 24.1. The van der Waals surface area contributed by atoms with Crippen LogP contribution in [-0.4, -0.2) is 107 Å². The van der Waals surface area contributed by atoms with Crippen molar-refractivity contribution in [3.05, 3.63) is 54.7 Å². The number of carbonyl (C=O) groups is 4. The molecule has 2 aliphatic carbocycles. The maximum atomic E-state index is 15.1. The van der Waals surface area contributed by atoms with Gasteiger partial charge in [-0.05, 0) is 120 Å². The van der Waals surface area contributed by atoms with Crippen LogP contribution in [0, 0.1) is 17.8 Å². The number of hydrogen-bond acceptors (Lipinski definition) is 12. The minimum absolute atomic E-state index is 0.000784. The zero-order valence-electron chi connectivity index (χ0n) is 38.6. The quantitative estimate of drug-likeness (QED) is 0.167. The number of allylic oxidation sites excluding steroid dienone is 1. The van der Waals surface area contributed by atoms with Crippen LogP contribution < -0.4 is 29.6 Å². The first kappa shape index (κ1) is 48.3. The van der Waals surface area contributed by atoms with Crippen molar-refractivity contribution in [2.45, 2.75) is 140 Å². The third kappa shape index (κ3) is 10.7. The van der Waals surface area contributed by atoms with Crippen molar-refractivity contribution in [2.75, 3.05) is 13.7 Å². The molecule has 2 aliphatic heterocycles. The van der Waals surface area contributed by atoms with Gasteiger partial charge in [0.2, 0.25) is 27.7 Å². The summed E-state index contributed by atoms with van der Waals surface area (Å²) in [4.78, 5) is 68.0. The smallest absolute Gasteiger partial charge is 0.408 e. The van der Waals surface area contributed by atoms with E-state index in [9.17, 15) is 31.6 Å². The Labute approximate surface area is 384 Å². The number of hydrogen-bond donors (Lipinski definition) is 3. The summed E-state index contributed by atoms with van der Waals surface area (Å²) in [6, 6.07) is 8.02. The first-order valence-electron chi connectivity index (χ1n) is 22.5. The Morgan fingerprint density at radius 2 is 1.73 bits per heavy atom. The lowest BCUT2D eigenvalue weighted by Crippen LogP contribution is -2.59. The predicted molar refractivity (Wildman–Crippen MR) is 240 cm³/mol. The Hall–Kier alpha value is -5.59. The average molecular weight is 939 g/mol. The molecule has 358 valence electrons. The van der Waals surface area contributed by atoms with Crippen LogP contribution >= 0.6 is 0 Å². The van der Waals surface area contributed by atoms with E-state index < -0.39 is 86.2 Å². The molecule has 7 atom stereocenters. The molecule has 0 radical (unpaired) electrons. The van der Waals surface area contributed by atoms with Gasteiger partial charge in [0.25, 0.3) is 11.8 Å². The number of sulfonamides is 1. The number of nitrogens with zero attached hydrogens (tertiary/aromatic N) is 3. The molecule has 0 spiro atoms. The molecule has 7 rings (SSSR count). The van der Waals surface area contributed by atoms with Gasteiger partial charge >= 0.3 is 6.09 Å². The molecule has 3 aromatic rings. The average Bonchev–Trinajstić information content (AvgIpc) is 4.17. The van der Waals surface area contributed by atoms with E-state index in [1.807, 2.05) is 39.0 Å². The molecule has 1 aromatic carbocycles. The van der Waals surface area contributed by atoms with Crippen LogP contribution in [0.25, 0.3) is 22.2 Å². The number of benzene rings is 1. The van der Waals surface area contributed by atoms with Crippen molar-refractivity contribution in [1.29, 1.82) is 0 Å². The number of rotatable bonds is 12. The number of ether oxygens (including phenoxy) is 4. The highest BCUT2D eigenvalue weighted by Crippen LogP contribution is 2.46. The van der Waals surface area contributed by atoms with Gasteiger partial charge in [-0.15, -0.1) is 0 Å². The SMILES string of the molecule is COc1ccc2c(O[C@@H]3C[C@H]4C(=O)N[C@]5(C(=O)NS(=O)(=O)C6CC6)C[C@H]5/C=C\CC[C@H](C)C[C@@H](C)[C@H](NC(=O)OC(C)(C)C(C)(F)F)C(=O)N4C3)nc(-c3ccc(OC(C)C)cn3)cc2c1. The van der Waals surface area contributed by atoms with Crippen LogP contribution in [0.4, 0.5) is 13.6 Å². The Bertz CT molecular complexity index is 2480. The van der Waals surface area contributed by atoms with Crippen LogP contribution in [0.1, 0.15) is 93.4 Å². The molecule has 19 heteroatoms. The zero-order valence-corrected chi connectivity index (χ0v) is 39.4. The molecular formula is C47H60F2N6O10S. The normalized spacial score (nSPS) is 26.8. The molecule has 4 amide bonds. The van der Waals surface area contributed by atoms with Crippen LogP contribution in [0.5, 0.6) is 17.4 Å². The Balaban J connectivity index is 1.26. The van der Waals surface area contributed by atoms with Crippen molar-refractivity contribution in [3.8, 4) is 28.8 Å². The van der Waals surface area contributed by atoms with Crippen molar-refractivity contribution < 1.29 is 55.3 Å². The van der Waals surface area contributed by atoms with E-state index in [1.54, 1.807) is 50.6 Å². The number of fused-ring (bicyclic) bond motifs is 3. The second-order valence-electron chi connectivity index (χ2n) is 19.1. The van der Waals surface area contributed by atoms with Gasteiger partial charge in [0.15, 0.2) is 5.60 Å². The maximum absolute atomic E-state index is 15.1. The molecule has 16 nitrogen and oxygen atoms in total. The van der Waals surface area contributed by atoms with E-state index in [2.05, 4.69) is 20.3 Å². The van der Waals surface area contributed by atoms with E-state index in [4.69, 9.17) is 23.9 Å². The summed E-state index contributed by atoms with van der Waals surface area (Å²) in [6.07, 6.45) is 5.55. The number of pyridine rings is 2. The summed E-state index contributed by atoms with van der Waals surface area (Å²) >= 11 is 0. The fourth-order valence-corrected chi connectivity index (χ4v) is 9.92. The monoisotopic (exact) mass is 938 g/mol. The van der Waals surface area contributed by atoms with Crippen molar-refractivity contribution >= 4 is 44.6 Å². The maximum Gasteiger partial charge on any atom is 0.408 e. The third-order valence-electron chi connectivity index (χ3n) is 12.9. The Morgan fingerprint density at radius 1 is 1.00 bits per heavy atom. The fraction of sp³-hybridized carbons (Fsp3) is 0.574. The van der Waals surface area contributed by atoms with Gasteiger partial charge < -0.3 is 34.5 Å². The number of amides is 4. The minimum atomic E-state index is -3.99. The van der Waals surface area contributed by atoms with Crippen LogP contribution in [-0.2, 0) is 29.1 Å². The number of halogens is 2. The van der Waals surface area contributed by atoms with Crippen molar-refractivity contribution in [2.24, 2.45) is 17.8 Å². The summed E-state index contributed by atoms with van der Waals surface area (Å²) in [6.45, 7) is 10.1. The van der Waals surface area contributed by atoms with Crippen LogP contribution in [0.2, 0.25) is 0 Å². The molecular weight excluding hydrogens is 879 g/mol.